The third-order valence-electron chi connectivity index (χ3n) is 14.1. The van der Waals surface area contributed by atoms with Crippen molar-refractivity contribution in [2.24, 2.45) is 0 Å². The van der Waals surface area contributed by atoms with Gasteiger partial charge < -0.3 is 45.1 Å². The normalized spacial score (nSPS) is 19.7. The summed E-state index contributed by atoms with van der Waals surface area (Å²) in [6.45, 7) is 5.65. The van der Waals surface area contributed by atoms with Gasteiger partial charge >= 0.3 is 5.97 Å². The van der Waals surface area contributed by atoms with Crippen molar-refractivity contribution < 1.29 is 49.3 Å². The number of amides is 1. The van der Waals surface area contributed by atoms with E-state index in [0.29, 0.717) is 12.8 Å². The Labute approximate surface area is 458 Å². The second kappa shape index (κ2) is 51.8. The zero-order chi connectivity index (χ0) is 54.7. The number of allylic oxidation sites excluding steroid dienone is 11. The van der Waals surface area contributed by atoms with Crippen molar-refractivity contribution in [2.75, 3.05) is 13.2 Å². The van der Waals surface area contributed by atoms with Crippen LogP contribution in [0.2, 0.25) is 0 Å². The van der Waals surface area contributed by atoms with Crippen molar-refractivity contribution in [3.8, 4) is 0 Å². The highest BCUT2D eigenvalue weighted by Crippen LogP contribution is 2.26. The number of ether oxygens (including phenoxy) is 3. The van der Waals surface area contributed by atoms with Crippen LogP contribution in [-0.2, 0) is 23.8 Å². The van der Waals surface area contributed by atoms with Crippen LogP contribution in [0.25, 0.3) is 0 Å². The predicted octanol–water partition coefficient (Wildman–Crippen LogP) is 14.4. The number of esters is 1. The van der Waals surface area contributed by atoms with E-state index in [4.69, 9.17) is 14.2 Å². The Hall–Kier alpha value is -2.90. The Morgan fingerprint density at radius 1 is 0.533 bits per heavy atom. The molecule has 11 heteroatoms. The molecule has 0 aromatic rings. The Kier molecular flexibility index (Phi) is 48.5. The van der Waals surface area contributed by atoms with E-state index >= 15 is 0 Å². The lowest BCUT2D eigenvalue weighted by Crippen LogP contribution is -2.61. The number of hydrogen-bond acceptors (Lipinski definition) is 10. The van der Waals surface area contributed by atoms with Gasteiger partial charge in [-0.15, -0.1) is 0 Å². The average molecular weight is 1060 g/mol. The summed E-state index contributed by atoms with van der Waals surface area (Å²) < 4.78 is 17.6. The molecular formula is C64H113NO10. The highest BCUT2D eigenvalue weighted by Gasteiger charge is 2.47. The third-order valence-corrected chi connectivity index (χ3v) is 14.1. The van der Waals surface area contributed by atoms with Gasteiger partial charge in [0.25, 0.3) is 0 Å². The van der Waals surface area contributed by atoms with E-state index in [1.807, 2.05) is 18.2 Å². The smallest absolute Gasteiger partial charge is 0.306 e. The molecule has 0 aromatic heterocycles. The van der Waals surface area contributed by atoms with Crippen molar-refractivity contribution in [3.05, 3.63) is 72.9 Å². The third kappa shape index (κ3) is 40.0. The first-order valence-electron chi connectivity index (χ1n) is 30.7. The average Bonchev–Trinajstić information content (AvgIpc) is 3.41. The zero-order valence-electron chi connectivity index (χ0n) is 47.9. The summed E-state index contributed by atoms with van der Waals surface area (Å²) in [5.41, 5.74) is 0. The summed E-state index contributed by atoms with van der Waals surface area (Å²) in [6.07, 6.45) is 55.2. The summed E-state index contributed by atoms with van der Waals surface area (Å²) in [5, 5.41) is 56.9. The highest BCUT2D eigenvalue weighted by atomic mass is 16.7. The molecule has 0 saturated carbocycles. The summed E-state index contributed by atoms with van der Waals surface area (Å²) >= 11 is 0. The van der Waals surface area contributed by atoms with E-state index in [1.54, 1.807) is 6.08 Å². The summed E-state index contributed by atoms with van der Waals surface area (Å²) in [5.74, 6) is -1.25. The number of unbranched alkanes of at least 4 members (excludes halogenated alkanes) is 27. The van der Waals surface area contributed by atoms with Crippen LogP contribution in [0.3, 0.4) is 0 Å². The first-order chi connectivity index (χ1) is 36.7. The van der Waals surface area contributed by atoms with Crippen LogP contribution in [0.15, 0.2) is 72.9 Å². The van der Waals surface area contributed by atoms with E-state index in [-0.39, 0.29) is 19.4 Å². The number of aliphatic hydroxyl groups is 5. The van der Waals surface area contributed by atoms with Crippen LogP contribution < -0.4 is 5.32 Å². The number of carbonyl (C=O) groups excluding carboxylic acids is 2. The van der Waals surface area contributed by atoms with Crippen LogP contribution in [0.1, 0.15) is 258 Å². The fraction of sp³-hybridized carbons (Fsp3) is 0.781. The maximum absolute atomic E-state index is 13.4. The number of carbonyl (C=O) groups is 2. The summed E-state index contributed by atoms with van der Waals surface area (Å²) in [6, 6.07) is -1.05. The van der Waals surface area contributed by atoms with Crippen molar-refractivity contribution in [2.45, 2.75) is 307 Å². The van der Waals surface area contributed by atoms with E-state index in [2.05, 4.69) is 74.7 Å². The molecule has 1 amide bonds. The van der Waals surface area contributed by atoms with Crippen LogP contribution in [0, 0.1) is 0 Å². The van der Waals surface area contributed by atoms with Gasteiger partial charge in [0.2, 0.25) is 5.91 Å². The van der Waals surface area contributed by atoms with E-state index in [0.717, 1.165) is 77.0 Å². The number of hydrogen-bond donors (Lipinski definition) is 6. The molecule has 1 rings (SSSR count). The Balaban J connectivity index is 2.74. The van der Waals surface area contributed by atoms with Gasteiger partial charge in [-0.05, 0) is 64.2 Å². The fourth-order valence-electron chi connectivity index (χ4n) is 9.27. The van der Waals surface area contributed by atoms with Crippen LogP contribution in [0.5, 0.6) is 0 Å². The monoisotopic (exact) mass is 1060 g/mol. The maximum Gasteiger partial charge on any atom is 0.306 e. The predicted molar refractivity (Wildman–Crippen MR) is 310 cm³/mol. The SMILES string of the molecule is CC/C=C\C/C=C\C/C=C\C/C=C\C/C=C\CCC(O)C(=O)NC(COC1OC(CO)C(O)C(O)C1OC(=O)CCCCCCCCCCCCCCCCCCC)C(O)/C=C/CCCCCCCCCCCCC. The first kappa shape index (κ1) is 70.1. The fourth-order valence-corrected chi connectivity index (χ4v) is 9.27. The Morgan fingerprint density at radius 3 is 1.41 bits per heavy atom. The molecule has 1 aliphatic rings. The molecule has 0 spiro atoms. The largest absolute Gasteiger partial charge is 0.454 e. The molecule has 434 valence electrons. The molecule has 0 aromatic carbocycles. The van der Waals surface area contributed by atoms with Crippen LogP contribution in [0.4, 0.5) is 0 Å². The maximum atomic E-state index is 13.4. The molecular weight excluding hydrogens is 943 g/mol. The lowest BCUT2D eigenvalue weighted by molar-refractivity contribution is -0.305. The quantitative estimate of drug-likeness (QED) is 0.0195. The summed E-state index contributed by atoms with van der Waals surface area (Å²) in [4.78, 5) is 26.5. The van der Waals surface area contributed by atoms with E-state index in [1.165, 1.54) is 135 Å². The topological polar surface area (TPSA) is 175 Å². The van der Waals surface area contributed by atoms with Crippen LogP contribution in [-0.4, -0.2) is 99.6 Å². The number of aliphatic hydroxyl groups excluding tert-OH is 5. The minimum atomic E-state index is -1.62. The summed E-state index contributed by atoms with van der Waals surface area (Å²) in [7, 11) is 0. The number of rotatable bonds is 51. The van der Waals surface area contributed by atoms with Crippen molar-refractivity contribution in [1.82, 2.24) is 5.32 Å². The molecule has 8 unspecified atom stereocenters. The second-order valence-corrected chi connectivity index (χ2v) is 21.1. The van der Waals surface area contributed by atoms with Gasteiger partial charge in [-0.3, -0.25) is 9.59 Å². The molecule has 6 N–H and O–H groups in total. The molecule has 0 aliphatic carbocycles. The van der Waals surface area contributed by atoms with Gasteiger partial charge in [0.15, 0.2) is 12.4 Å². The second-order valence-electron chi connectivity index (χ2n) is 21.1. The van der Waals surface area contributed by atoms with Crippen molar-refractivity contribution in [1.29, 1.82) is 0 Å². The molecule has 75 heavy (non-hydrogen) atoms. The highest BCUT2D eigenvalue weighted by molar-refractivity contribution is 5.80. The van der Waals surface area contributed by atoms with E-state index in [9.17, 15) is 35.1 Å². The number of nitrogens with one attached hydrogen (secondary N) is 1. The first-order valence-corrected chi connectivity index (χ1v) is 30.7. The standard InChI is InChI=1S/C64H113NO10/c1-4-7-10-13-16-19-22-25-27-29-31-34-37-40-43-46-49-52-59(69)75-62-61(71)60(70)58(53-66)74-64(62)73-54-55(56(67)50-47-44-41-38-35-32-24-21-18-15-12-9-6-3)65-63(72)57(68)51-48-45-42-39-36-33-30-28-26-23-20-17-14-11-8-5-2/h8,11,17,20,26,28,33,36,42,45,47,50,55-58,60-62,64,66-68,70-71H,4-7,9-10,12-16,18-19,21-25,27,29-32,34-35,37-41,43-44,46,48-49,51-54H2,1-3H3,(H,65,72)/b11-8-,20-17-,28-26-,36-33-,45-42-,50-47+. The molecule has 11 nitrogen and oxygen atoms in total. The zero-order valence-corrected chi connectivity index (χ0v) is 47.9. The van der Waals surface area contributed by atoms with Gasteiger partial charge in [0.05, 0.1) is 25.4 Å². The molecule has 1 aliphatic heterocycles. The minimum absolute atomic E-state index is 0.118. The van der Waals surface area contributed by atoms with Crippen LogP contribution >= 0.6 is 0 Å². The van der Waals surface area contributed by atoms with Gasteiger partial charge in [-0.25, -0.2) is 0 Å². The molecule has 0 bridgehead atoms. The van der Waals surface area contributed by atoms with Gasteiger partial charge in [0.1, 0.15) is 24.4 Å². The lowest BCUT2D eigenvalue weighted by Gasteiger charge is -2.41. The van der Waals surface area contributed by atoms with Crippen molar-refractivity contribution in [3.63, 3.8) is 0 Å². The molecule has 8 atom stereocenters. The van der Waals surface area contributed by atoms with Gasteiger partial charge in [-0.1, -0.05) is 261 Å². The Bertz CT molecular complexity index is 1490. The van der Waals surface area contributed by atoms with Crippen molar-refractivity contribution >= 4 is 11.9 Å². The van der Waals surface area contributed by atoms with E-state index < -0.39 is 67.4 Å². The molecule has 1 heterocycles. The van der Waals surface area contributed by atoms with Gasteiger partial charge in [-0.2, -0.15) is 0 Å². The molecule has 0 radical (unpaired) electrons. The minimum Gasteiger partial charge on any atom is -0.454 e. The molecule has 1 saturated heterocycles. The molecule has 1 fully saturated rings. The lowest BCUT2D eigenvalue weighted by atomic mass is 9.99. The van der Waals surface area contributed by atoms with Gasteiger partial charge in [0, 0.05) is 6.42 Å². The Morgan fingerprint density at radius 2 is 0.960 bits per heavy atom.